The maximum Gasteiger partial charge on any atom is 0.242 e. The number of likely N-dealkylation sites (N-methyl/N-ethyl adjacent to an activating group) is 1. The zero-order valence-corrected chi connectivity index (χ0v) is 13.8. The third-order valence-electron chi connectivity index (χ3n) is 3.01. The van der Waals surface area contributed by atoms with Crippen molar-refractivity contribution < 1.29 is 13.5 Å². The van der Waals surface area contributed by atoms with Crippen LogP contribution in [0.4, 0.5) is 0 Å². The van der Waals surface area contributed by atoms with Gasteiger partial charge < -0.3 is 10.0 Å². The monoisotopic (exact) mass is 340 g/mol. The molecule has 0 bridgehead atoms. The number of hydrogen-bond acceptors (Lipinski definition) is 4. The van der Waals surface area contributed by atoms with Gasteiger partial charge in [0.2, 0.25) is 10.0 Å². The van der Waals surface area contributed by atoms with Crippen LogP contribution in [0.25, 0.3) is 0 Å². The molecule has 0 aromatic heterocycles. The summed E-state index contributed by atoms with van der Waals surface area (Å²) in [6.07, 6.45) is 0. The first kappa shape index (κ1) is 17.7. The van der Waals surface area contributed by atoms with E-state index in [1.54, 1.807) is 0 Å². The highest BCUT2D eigenvalue weighted by molar-refractivity contribution is 7.89. The molecule has 1 atom stereocenters. The smallest absolute Gasteiger partial charge is 0.242 e. The minimum Gasteiger partial charge on any atom is -0.392 e. The summed E-state index contributed by atoms with van der Waals surface area (Å²) in [5.41, 5.74) is 0.317. The molecule has 2 N–H and O–H groups in total. The average Bonchev–Trinajstić information content (AvgIpc) is 2.35. The molecule has 0 radical (unpaired) electrons. The van der Waals surface area contributed by atoms with Crippen LogP contribution < -0.4 is 4.72 Å². The number of halogens is 2. The second-order valence-corrected chi connectivity index (χ2v) is 7.25. The van der Waals surface area contributed by atoms with Gasteiger partial charge in [-0.1, -0.05) is 23.2 Å². The average molecular weight is 341 g/mol. The Balaban J connectivity index is 3.04. The molecule has 0 saturated heterocycles. The standard InChI is InChI=1S/C12H18Cl2N2O3S/c1-8(16(2)3)6-15-20(18,19)12-4-9(7-17)10(13)5-11(12)14/h4-5,8,15,17H,6-7H2,1-3H3. The zero-order valence-electron chi connectivity index (χ0n) is 11.5. The summed E-state index contributed by atoms with van der Waals surface area (Å²) in [4.78, 5) is 1.81. The first-order valence-corrected chi connectivity index (χ1v) is 8.17. The predicted molar refractivity (Wildman–Crippen MR) is 80.7 cm³/mol. The summed E-state index contributed by atoms with van der Waals surface area (Å²) in [5.74, 6) is 0. The van der Waals surface area contributed by atoms with Crippen molar-refractivity contribution in [3.8, 4) is 0 Å². The quantitative estimate of drug-likeness (QED) is 0.827. The van der Waals surface area contributed by atoms with Crippen molar-refractivity contribution in [1.82, 2.24) is 9.62 Å². The summed E-state index contributed by atoms with van der Waals surface area (Å²) < 4.78 is 26.9. The van der Waals surface area contributed by atoms with Crippen molar-refractivity contribution in [3.05, 3.63) is 27.7 Å². The third-order valence-corrected chi connectivity index (χ3v) is 5.25. The van der Waals surface area contributed by atoms with Crippen LogP contribution in [0.2, 0.25) is 10.0 Å². The van der Waals surface area contributed by atoms with Crippen LogP contribution in [-0.2, 0) is 16.6 Å². The minimum absolute atomic E-state index is 0.0252. The zero-order chi connectivity index (χ0) is 15.5. The number of benzene rings is 1. The van der Waals surface area contributed by atoms with Gasteiger partial charge in [0.1, 0.15) is 4.90 Å². The Labute approximate surface area is 129 Å². The highest BCUT2D eigenvalue weighted by atomic mass is 35.5. The van der Waals surface area contributed by atoms with E-state index < -0.39 is 10.0 Å². The van der Waals surface area contributed by atoms with Gasteiger partial charge in [-0.05, 0) is 38.7 Å². The van der Waals surface area contributed by atoms with E-state index in [9.17, 15) is 8.42 Å². The second kappa shape index (κ2) is 7.06. The highest BCUT2D eigenvalue weighted by Crippen LogP contribution is 2.28. The van der Waals surface area contributed by atoms with Gasteiger partial charge >= 0.3 is 0 Å². The molecule has 20 heavy (non-hydrogen) atoms. The lowest BCUT2D eigenvalue weighted by atomic mass is 10.2. The van der Waals surface area contributed by atoms with Crippen LogP contribution in [-0.4, -0.2) is 45.1 Å². The Bertz CT molecular complexity index is 576. The molecular formula is C12H18Cl2N2O3S. The van der Waals surface area contributed by atoms with E-state index in [-0.39, 0.29) is 34.1 Å². The lowest BCUT2D eigenvalue weighted by Gasteiger charge is -2.20. The van der Waals surface area contributed by atoms with E-state index in [4.69, 9.17) is 28.3 Å². The lowest BCUT2D eigenvalue weighted by molar-refractivity contribution is 0.281. The number of sulfonamides is 1. The van der Waals surface area contributed by atoms with Crippen molar-refractivity contribution in [2.75, 3.05) is 20.6 Å². The fraction of sp³-hybridized carbons (Fsp3) is 0.500. The molecular weight excluding hydrogens is 323 g/mol. The van der Waals surface area contributed by atoms with Crippen LogP contribution in [0.15, 0.2) is 17.0 Å². The fourth-order valence-corrected chi connectivity index (χ4v) is 3.37. The number of nitrogens with one attached hydrogen (secondary N) is 1. The summed E-state index contributed by atoms with van der Waals surface area (Å²) in [5, 5.41) is 9.40. The van der Waals surface area contributed by atoms with Gasteiger partial charge in [0.15, 0.2) is 0 Å². The molecule has 0 aliphatic rings. The van der Waals surface area contributed by atoms with E-state index in [0.29, 0.717) is 5.56 Å². The Morgan fingerprint density at radius 1 is 1.30 bits per heavy atom. The van der Waals surface area contributed by atoms with Crippen LogP contribution in [0.5, 0.6) is 0 Å². The summed E-state index contributed by atoms with van der Waals surface area (Å²) in [6, 6.07) is 2.64. The van der Waals surface area contributed by atoms with Gasteiger partial charge in [0, 0.05) is 17.6 Å². The number of aliphatic hydroxyl groups excluding tert-OH is 1. The van der Waals surface area contributed by atoms with Crippen LogP contribution in [0.1, 0.15) is 12.5 Å². The Morgan fingerprint density at radius 2 is 1.90 bits per heavy atom. The number of aliphatic hydroxyl groups is 1. The maximum absolute atomic E-state index is 12.2. The Morgan fingerprint density at radius 3 is 2.40 bits per heavy atom. The van der Waals surface area contributed by atoms with Gasteiger partial charge in [0.25, 0.3) is 0 Å². The van der Waals surface area contributed by atoms with E-state index in [1.807, 2.05) is 25.9 Å². The van der Waals surface area contributed by atoms with Crippen molar-refractivity contribution >= 4 is 33.2 Å². The van der Waals surface area contributed by atoms with Gasteiger partial charge in [0.05, 0.1) is 11.6 Å². The molecule has 0 spiro atoms. The first-order valence-electron chi connectivity index (χ1n) is 5.94. The number of hydrogen-bond donors (Lipinski definition) is 2. The second-order valence-electron chi connectivity index (χ2n) is 4.70. The molecule has 1 rings (SSSR count). The highest BCUT2D eigenvalue weighted by Gasteiger charge is 2.21. The number of nitrogens with zero attached hydrogens (tertiary/aromatic N) is 1. The van der Waals surface area contributed by atoms with Gasteiger partial charge in [-0.25, -0.2) is 13.1 Å². The molecule has 0 heterocycles. The molecule has 8 heteroatoms. The SMILES string of the molecule is CC(CNS(=O)(=O)c1cc(CO)c(Cl)cc1Cl)N(C)C. The van der Waals surface area contributed by atoms with E-state index in [0.717, 1.165) is 0 Å². The summed E-state index contributed by atoms with van der Waals surface area (Å²) >= 11 is 11.8. The fourth-order valence-electron chi connectivity index (χ4n) is 1.39. The van der Waals surface area contributed by atoms with Gasteiger partial charge in [-0.3, -0.25) is 0 Å². The van der Waals surface area contributed by atoms with Crippen molar-refractivity contribution in [2.45, 2.75) is 24.5 Å². The third kappa shape index (κ3) is 4.31. The van der Waals surface area contributed by atoms with Crippen molar-refractivity contribution in [2.24, 2.45) is 0 Å². The van der Waals surface area contributed by atoms with Gasteiger partial charge in [-0.15, -0.1) is 0 Å². The first-order chi connectivity index (χ1) is 9.19. The lowest BCUT2D eigenvalue weighted by Crippen LogP contribution is -2.38. The molecule has 1 aromatic carbocycles. The van der Waals surface area contributed by atoms with Crippen LogP contribution in [0.3, 0.4) is 0 Å². The van der Waals surface area contributed by atoms with Crippen LogP contribution in [0, 0.1) is 0 Å². The predicted octanol–water partition coefficient (Wildman–Crippen LogP) is 1.71. The summed E-state index contributed by atoms with van der Waals surface area (Å²) in [6.45, 7) is 1.79. The molecule has 0 aliphatic carbocycles. The molecule has 1 aromatic rings. The molecule has 0 saturated carbocycles. The molecule has 0 fully saturated rings. The van der Waals surface area contributed by atoms with Crippen molar-refractivity contribution in [1.29, 1.82) is 0 Å². The number of rotatable bonds is 6. The molecule has 5 nitrogen and oxygen atoms in total. The largest absolute Gasteiger partial charge is 0.392 e. The normalized spacial score (nSPS) is 13.8. The van der Waals surface area contributed by atoms with Gasteiger partial charge in [-0.2, -0.15) is 0 Å². The van der Waals surface area contributed by atoms with Crippen LogP contribution >= 0.6 is 23.2 Å². The van der Waals surface area contributed by atoms with E-state index in [2.05, 4.69) is 4.72 Å². The molecule has 0 aliphatic heterocycles. The Hall–Kier alpha value is -0.370. The maximum atomic E-state index is 12.2. The summed E-state index contributed by atoms with van der Waals surface area (Å²) in [7, 11) is -0.0288. The minimum atomic E-state index is -3.75. The van der Waals surface area contributed by atoms with E-state index in [1.165, 1.54) is 12.1 Å². The molecule has 114 valence electrons. The Kier molecular flexibility index (Phi) is 6.25. The molecule has 0 amide bonds. The molecule has 1 unspecified atom stereocenters. The van der Waals surface area contributed by atoms with E-state index >= 15 is 0 Å². The topological polar surface area (TPSA) is 69.6 Å². The van der Waals surface area contributed by atoms with Crippen molar-refractivity contribution in [3.63, 3.8) is 0 Å².